The molecule has 1 atom stereocenters. The van der Waals surface area contributed by atoms with Gasteiger partial charge in [0.25, 0.3) is 5.91 Å². The van der Waals surface area contributed by atoms with Crippen LogP contribution in [0, 0.1) is 11.6 Å². The summed E-state index contributed by atoms with van der Waals surface area (Å²) in [4.78, 5) is 12.2. The number of halogens is 4. The number of amides is 1. The van der Waals surface area contributed by atoms with Crippen molar-refractivity contribution in [3.05, 3.63) is 65.2 Å². The fraction of sp³-hybridized carbons (Fsp3) is 0.188. The first kappa shape index (κ1) is 16.8. The Kier molecular flexibility index (Phi) is 5.20. The van der Waals surface area contributed by atoms with Crippen LogP contribution in [-0.2, 0) is 0 Å². The molecule has 0 aliphatic heterocycles. The maximum absolute atomic E-state index is 13.7. The van der Waals surface area contributed by atoms with E-state index < -0.39 is 30.2 Å². The van der Waals surface area contributed by atoms with Crippen LogP contribution in [0.5, 0.6) is 5.75 Å². The molecule has 7 heteroatoms. The Morgan fingerprint density at radius 2 is 1.83 bits per heavy atom. The fourth-order valence-corrected chi connectivity index (χ4v) is 2.05. The zero-order valence-corrected chi connectivity index (χ0v) is 12.0. The Morgan fingerprint density at radius 1 is 1.13 bits per heavy atom. The first-order valence-corrected chi connectivity index (χ1v) is 6.68. The van der Waals surface area contributed by atoms with E-state index in [0.717, 1.165) is 18.2 Å². The van der Waals surface area contributed by atoms with E-state index in [1.807, 2.05) is 0 Å². The minimum atomic E-state index is -3.08. The summed E-state index contributed by atoms with van der Waals surface area (Å²) < 4.78 is 55.8. The smallest absolute Gasteiger partial charge is 0.387 e. The Bertz CT molecular complexity index is 706. The largest absolute Gasteiger partial charge is 0.434 e. The monoisotopic (exact) mass is 327 g/mol. The number of benzene rings is 2. The Hall–Kier alpha value is -2.57. The van der Waals surface area contributed by atoms with Gasteiger partial charge in [0, 0.05) is 5.56 Å². The number of para-hydroxylation sites is 1. The molecule has 0 bridgehead atoms. The second kappa shape index (κ2) is 7.13. The molecule has 0 spiro atoms. The van der Waals surface area contributed by atoms with Gasteiger partial charge in [0.1, 0.15) is 17.4 Å². The molecule has 2 aromatic carbocycles. The van der Waals surface area contributed by atoms with E-state index in [9.17, 15) is 22.4 Å². The molecule has 0 heterocycles. The van der Waals surface area contributed by atoms with Gasteiger partial charge in [0.2, 0.25) is 0 Å². The van der Waals surface area contributed by atoms with Crippen molar-refractivity contribution < 1.29 is 27.1 Å². The average Bonchev–Trinajstić information content (AvgIpc) is 2.49. The van der Waals surface area contributed by atoms with Gasteiger partial charge in [-0.3, -0.25) is 4.79 Å². The molecule has 0 radical (unpaired) electrons. The molecule has 23 heavy (non-hydrogen) atoms. The Morgan fingerprint density at radius 3 is 2.52 bits per heavy atom. The summed E-state index contributed by atoms with van der Waals surface area (Å²) in [5.74, 6) is -2.37. The van der Waals surface area contributed by atoms with Crippen molar-refractivity contribution in [2.75, 3.05) is 0 Å². The molecule has 0 aliphatic rings. The van der Waals surface area contributed by atoms with Gasteiger partial charge < -0.3 is 10.1 Å². The summed E-state index contributed by atoms with van der Waals surface area (Å²) in [5.41, 5.74) is -0.179. The van der Waals surface area contributed by atoms with Crippen LogP contribution in [-0.4, -0.2) is 12.5 Å². The molecule has 2 rings (SSSR count). The molecule has 3 nitrogen and oxygen atoms in total. The van der Waals surface area contributed by atoms with Gasteiger partial charge >= 0.3 is 6.61 Å². The summed E-state index contributed by atoms with van der Waals surface area (Å²) in [6.07, 6.45) is 0. The van der Waals surface area contributed by atoms with Crippen molar-refractivity contribution in [2.24, 2.45) is 0 Å². The molecule has 122 valence electrons. The highest BCUT2D eigenvalue weighted by molar-refractivity contribution is 5.97. The highest BCUT2D eigenvalue weighted by Crippen LogP contribution is 2.23. The van der Waals surface area contributed by atoms with Crippen molar-refractivity contribution in [1.29, 1.82) is 0 Å². The Labute approximate surface area is 129 Å². The second-order valence-corrected chi connectivity index (χ2v) is 4.74. The zero-order chi connectivity index (χ0) is 17.0. The van der Waals surface area contributed by atoms with E-state index in [4.69, 9.17) is 0 Å². The van der Waals surface area contributed by atoms with E-state index in [1.54, 1.807) is 0 Å². The van der Waals surface area contributed by atoms with E-state index in [1.165, 1.54) is 31.2 Å². The van der Waals surface area contributed by atoms with E-state index in [0.29, 0.717) is 0 Å². The van der Waals surface area contributed by atoms with Crippen molar-refractivity contribution in [3.63, 3.8) is 0 Å². The summed E-state index contributed by atoms with van der Waals surface area (Å²) in [6.45, 7) is -1.63. The lowest BCUT2D eigenvalue weighted by Gasteiger charge is -2.16. The summed E-state index contributed by atoms with van der Waals surface area (Å²) in [5, 5.41) is 2.42. The van der Waals surface area contributed by atoms with Gasteiger partial charge in [0.05, 0.1) is 11.6 Å². The average molecular weight is 327 g/mol. The van der Waals surface area contributed by atoms with Gasteiger partial charge in [-0.1, -0.05) is 12.1 Å². The molecule has 1 N–H and O–H groups in total. The van der Waals surface area contributed by atoms with E-state index in [2.05, 4.69) is 10.1 Å². The van der Waals surface area contributed by atoms with Crippen LogP contribution in [0.25, 0.3) is 0 Å². The molecule has 1 amide bonds. The third-order valence-corrected chi connectivity index (χ3v) is 3.12. The molecule has 0 aromatic heterocycles. The molecule has 2 aromatic rings. The predicted octanol–water partition coefficient (Wildman–Crippen LogP) is 4.06. The van der Waals surface area contributed by atoms with Crippen molar-refractivity contribution >= 4 is 5.91 Å². The molecular weight excluding hydrogens is 314 g/mol. The lowest BCUT2D eigenvalue weighted by atomic mass is 10.1. The SMILES string of the molecule is CC(NC(=O)c1ccccc1OC(F)F)c1cc(F)ccc1F. The van der Waals surface area contributed by atoms with Gasteiger partial charge in [-0.2, -0.15) is 8.78 Å². The first-order valence-electron chi connectivity index (χ1n) is 6.68. The van der Waals surface area contributed by atoms with Crippen LogP contribution < -0.4 is 10.1 Å². The van der Waals surface area contributed by atoms with Crippen molar-refractivity contribution in [1.82, 2.24) is 5.32 Å². The second-order valence-electron chi connectivity index (χ2n) is 4.74. The molecule has 0 saturated carbocycles. The number of rotatable bonds is 5. The molecule has 0 saturated heterocycles. The molecular formula is C16H13F4NO2. The normalized spacial score (nSPS) is 12.1. The lowest BCUT2D eigenvalue weighted by molar-refractivity contribution is -0.0501. The number of nitrogens with one attached hydrogen (secondary N) is 1. The maximum Gasteiger partial charge on any atom is 0.387 e. The number of ether oxygens (including phenoxy) is 1. The quantitative estimate of drug-likeness (QED) is 0.841. The third-order valence-electron chi connectivity index (χ3n) is 3.12. The zero-order valence-electron chi connectivity index (χ0n) is 12.0. The van der Waals surface area contributed by atoms with Crippen LogP contribution in [0.3, 0.4) is 0 Å². The van der Waals surface area contributed by atoms with Crippen LogP contribution in [0.2, 0.25) is 0 Å². The number of hydrogen-bond acceptors (Lipinski definition) is 2. The highest BCUT2D eigenvalue weighted by Gasteiger charge is 2.19. The third kappa shape index (κ3) is 4.21. The first-order chi connectivity index (χ1) is 10.9. The van der Waals surface area contributed by atoms with Gasteiger partial charge in [0.15, 0.2) is 0 Å². The predicted molar refractivity (Wildman–Crippen MR) is 75.3 cm³/mol. The number of hydrogen-bond donors (Lipinski definition) is 1. The van der Waals surface area contributed by atoms with Crippen molar-refractivity contribution in [3.8, 4) is 5.75 Å². The van der Waals surface area contributed by atoms with Crippen LogP contribution in [0.1, 0.15) is 28.9 Å². The number of alkyl halides is 2. The summed E-state index contributed by atoms with van der Waals surface area (Å²) >= 11 is 0. The van der Waals surface area contributed by atoms with Gasteiger partial charge in [-0.15, -0.1) is 0 Å². The summed E-state index contributed by atoms with van der Waals surface area (Å²) in [7, 11) is 0. The van der Waals surface area contributed by atoms with Crippen LogP contribution in [0.4, 0.5) is 17.6 Å². The lowest BCUT2D eigenvalue weighted by Crippen LogP contribution is -2.28. The fourth-order valence-electron chi connectivity index (χ4n) is 2.05. The van der Waals surface area contributed by atoms with Gasteiger partial charge in [-0.05, 0) is 37.3 Å². The van der Waals surface area contributed by atoms with E-state index in [-0.39, 0.29) is 16.9 Å². The molecule has 1 unspecified atom stereocenters. The number of carbonyl (C=O) groups is 1. The summed E-state index contributed by atoms with van der Waals surface area (Å²) in [6, 6.07) is 7.42. The standard InChI is InChI=1S/C16H13F4NO2/c1-9(12-8-10(17)6-7-13(12)18)21-15(22)11-4-2-3-5-14(11)23-16(19)20/h2-9,16H,1H3,(H,21,22). The molecule has 0 aliphatic carbocycles. The minimum absolute atomic E-state index is 0.0504. The maximum atomic E-state index is 13.7. The van der Waals surface area contributed by atoms with Crippen LogP contribution >= 0.6 is 0 Å². The molecule has 0 fully saturated rings. The van der Waals surface area contributed by atoms with E-state index >= 15 is 0 Å². The van der Waals surface area contributed by atoms with Gasteiger partial charge in [-0.25, -0.2) is 8.78 Å². The Balaban J connectivity index is 2.20. The topological polar surface area (TPSA) is 38.3 Å². The number of carbonyl (C=O) groups excluding carboxylic acids is 1. The minimum Gasteiger partial charge on any atom is -0.434 e. The van der Waals surface area contributed by atoms with Crippen LogP contribution in [0.15, 0.2) is 42.5 Å². The van der Waals surface area contributed by atoms with Crippen molar-refractivity contribution in [2.45, 2.75) is 19.6 Å². The highest BCUT2D eigenvalue weighted by atomic mass is 19.3.